The summed E-state index contributed by atoms with van der Waals surface area (Å²) in [5.74, 6) is 0.0191. The van der Waals surface area contributed by atoms with Gasteiger partial charge in [-0.05, 0) is 44.9 Å². The van der Waals surface area contributed by atoms with Crippen molar-refractivity contribution < 1.29 is 14.6 Å². The zero-order valence-corrected chi connectivity index (χ0v) is 38.6. The molecule has 0 bridgehead atoms. The summed E-state index contributed by atoms with van der Waals surface area (Å²) >= 11 is 0. The molecule has 0 aliphatic rings. The van der Waals surface area contributed by atoms with E-state index in [-0.39, 0.29) is 5.97 Å². The van der Waals surface area contributed by atoms with E-state index < -0.39 is 0 Å². The zero-order chi connectivity index (χ0) is 40.3. The van der Waals surface area contributed by atoms with Gasteiger partial charge in [0.05, 0.1) is 6.61 Å². The first kappa shape index (κ1) is 55.2. The Morgan fingerprint density at radius 2 is 0.589 bits per heavy atom. The summed E-state index contributed by atoms with van der Waals surface area (Å²) in [5, 5.41) is 8.82. The van der Waals surface area contributed by atoms with Gasteiger partial charge < -0.3 is 9.84 Å². The van der Waals surface area contributed by atoms with E-state index in [0.29, 0.717) is 19.6 Å². The number of allylic oxidation sites excluding steroid dienone is 2. The molecule has 56 heavy (non-hydrogen) atoms. The fourth-order valence-electron chi connectivity index (χ4n) is 8.29. The largest absolute Gasteiger partial charge is 0.466 e. The lowest BCUT2D eigenvalue weighted by molar-refractivity contribution is -0.143. The average molecular weight is 789 g/mol. The van der Waals surface area contributed by atoms with Crippen LogP contribution in [-0.4, -0.2) is 24.3 Å². The third kappa shape index (κ3) is 51.2. The molecule has 0 amide bonds. The standard InChI is InChI=1S/C53H104O3/c1-2-3-4-5-6-7-8-9-29-32-35-38-41-44-47-50-53(55)56-52-49-46-43-40-37-34-31-28-26-24-22-20-18-16-14-12-10-11-13-15-17-19-21-23-25-27-30-33-36-39-42-45-48-51-54/h9,29,54H,2-8,10-28,30-52H2,1H3/b29-9-. The summed E-state index contributed by atoms with van der Waals surface area (Å²) in [7, 11) is 0. The summed E-state index contributed by atoms with van der Waals surface area (Å²) < 4.78 is 5.48. The van der Waals surface area contributed by atoms with Gasteiger partial charge in [-0.1, -0.05) is 269 Å². The Kier molecular flexibility index (Phi) is 51.4. The quantitative estimate of drug-likeness (QED) is 0.0379. The van der Waals surface area contributed by atoms with Crippen molar-refractivity contribution in [1.29, 1.82) is 0 Å². The van der Waals surface area contributed by atoms with Crippen molar-refractivity contribution >= 4 is 5.97 Å². The monoisotopic (exact) mass is 789 g/mol. The summed E-state index contributed by atoms with van der Waals surface area (Å²) in [4.78, 5) is 12.0. The molecular weight excluding hydrogens is 685 g/mol. The van der Waals surface area contributed by atoms with E-state index in [1.54, 1.807) is 0 Å². The van der Waals surface area contributed by atoms with Crippen LogP contribution in [0.25, 0.3) is 0 Å². The van der Waals surface area contributed by atoms with Crippen LogP contribution in [0.15, 0.2) is 12.2 Å². The third-order valence-electron chi connectivity index (χ3n) is 12.2. The van der Waals surface area contributed by atoms with Gasteiger partial charge in [-0.3, -0.25) is 4.79 Å². The fraction of sp³-hybridized carbons (Fsp3) is 0.943. The molecule has 0 spiro atoms. The van der Waals surface area contributed by atoms with Crippen LogP contribution in [0.3, 0.4) is 0 Å². The second-order valence-corrected chi connectivity index (χ2v) is 17.9. The molecule has 1 N–H and O–H groups in total. The Morgan fingerprint density at radius 1 is 0.339 bits per heavy atom. The molecule has 0 unspecified atom stereocenters. The van der Waals surface area contributed by atoms with Gasteiger partial charge in [0.15, 0.2) is 0 Å². The maximum Gasteiger partial charge on any atom is 0.305 e. The van der Waals surface area contributed by atoms with Crippen LogP contribution in [0, 0.1) is 0 Å². The van der Waals surface area contributed by atoms with Crippen molar-refractivity contribution in [1.82, 2.24) is 0 Å². The van der Waals surface area contributed by atoms with Crippen molar-refractivity contribution in [3.63, 3.8) is 0 Å². The summed E-state index contributed by atoms with van der Waals surface area (Å²) in [6.45, 7) is 3.28. The minimum Gasteiger partial charge on any atom is -0.466 e. The number of carbonyl (C=O) groups is 1. The summed E-state index contributed by atoms with van der Waals surface area (Å²) in [5.41, 5.74) is 0. The minimum absolute atomic E-state index is 0.0191. The Balaban J connectivity index is 3.14. The van der Waals surface area contributed by atoms with E-state index in [1.165, 1.54) is 270 Å². The molecule has 0 radical (unpaired) electrons. The van der Waals surface area contributed by atoms with Gasteiger partial charge in [-0.2, -0.15) is 0 Å². The van der Waals surface area contributed by atoms with Crippen LogP contribution in [0.4, 0.5) is 0 Å². The van der Waals surface area contributed by atoms with Crippen molar-refractivity contribution in [3.8, 4) is 0 Å². The highest BCUT2D eigenvalue weighted by Gasteiger charge is 2.03. The molecule has 0 rings (SSSR count). The first-order valence-corrected chi connectivity index (χ1v) is 26.2. The summed E-state index contributed by atoms with van der Waals surface area (Å²) in [6.07, 6.45) is 68.1. The predicted molar refractivity (Wildman–Crippen MR) is 250 cm³/mol. The normalized spacial score (nSPS) is 11.7. The number of unbranched alkanes of at least 4 members (excludes halogenated alkanes) is 43. The van der Waals surface area contributed by atoms with Crippen molar-refractivity contribution in [2.75, 3.05) is 13.2 Å². The molecule has 0 saturated heterocycles. The number of hydrogen-bond acceptors (Lipinski definition) is 3. The Labute approximate surface area is 353 Å². The predicted octanol–water partition coefficient (Wildman–Crippen LogP) is 18.4. The number of aliphatic hydroxyl groups excluding tert-OH is 1. The number of carbonyl (C=O) groups excluding carboxylic acids is 1. The minimum atomic E-state index is 0.0191. The third-order valence-corrected chi connectivity index (χ3v) is 12.2. The van der Waals surface area contributed by atoms with E-state index in [4.69, 9.17) is 9.84 Å². The first-order valence-electron chi connectivity index (χ1n) is 26.2. The molecule has 0 aliphatic heterocycles. The maximum atomic E-state index is 12.0. The van der Waals surface area contributed by atoms with Crippen LogP contribution in [0.2, 0.25) is 0 Å². The molecule has 0 aromatic rings. The highest BCUT2D eigenvalue weighted by atomic mass is 16.5. The van der Waals surface area contributed by atoms with E-state index in [0.717, 1.165) is 25.7 Å². The highest BCUT2D eigenvalue weighted by molar-refractivity contribution is 5.69. The van der Waals surface area contributed by atoms with Crippen molar-refractivity contribution in [2.24, 2.45) is 0 Å². The highest BCUT2D eigenvalue weighted by Crippen LogP contribution is 2.17. The second-order valence-electron chi connectivity index (χ2n) is 17.9. The zero-order valence-electron chi connectivity index (χ0n) is 38.6. The van der Waals surface area contributed by atoms with Gasteiger partial charge in [-0.15, -0.1) is 0 Å². The molecule has 334 valence electrons. The van der Waals surface area contributed by atoms with Gasteiger partial charge in [0.25, 0.3) is 0 Å². The fourth-order valence-corrected chi connectivity index (χ4v) is 8.29. The van der Waals surface area contributed by atoms with E-state index >= 15 is 0 Å². The Morgan fingerprint density at radius 3 is 0.893 bits per heavy atom. The number of ether oxygens (including phenoxy) is 1. The smallest absolute Gasteiger partial charge is 0.305 e. The van der Waals surface area contributed by atoms with E-state index in [9.17, 15) is 4.79 Å². The Bertz CT molecular complexity index is 732. The second kappa shape index (κ2) is 52.2. The lowest BCUT2D eigenvalue weighted by atomic mass is 10.0. The van der Waals surface area contributed by atoms with E-state index in [2.05, 4.69) is 19.1 Å². The van der Waals surface area contributed by atoms with Crippen molar-refractivity contribution in [3.05, 3.63) is 12.2 Å². The number of hydrogen-bond donors (Lipinski definition) is 1. The topological polar surface area (TPSA) is 46.5 Å². The molecule has 3 heteroatoms. The first-order chi connectivity index (χ1) is 27.8. The lowest BCUT2D eigenvalue weighted by Gasteiger charge is -2.06. The molecule has 0 atom stereocenters. The molecular formula is C53H104O3. The number of aliphatic hydroxyl groups is 1. The molecule has 0 saturated carbocycles. The van der Waals surface area contributed by atoms with Crippen LogP contribution in [-0.2, 0) is 9.53 Å². The molecule has 0 aromatic heterocycles. The summed E-state index contributed by atoms with van der Waals surface area (Å²) in [6, 6.07) is 0. The molecule has 3 nitrogen and oxygen atoms in total. The molecule has 0 fully saturated rings. The van der Waals surface area contributed by atoms with Crippen LogP contribution in [0.1, 0.15) is 309 Å². The van der Waals surface area contributed by atoms with Gasteiger partial charge in [0.1, 0.15) is 0 Å². The van der Waals surface area contributed by atoms with Gasteiger partial charge in [0.2, 0.25) is 0 Å². The Hall–Kier alpha value is -0.830. The van der Waals surface area contributed by atoms with E-state index in [1.807, 2.05) is 0 Å². The number of rotatable bonds is 50. The van der Waals surface area contributed by atoms with Gasteiger partial charge in [0, 0.05) is 13.0 Å². The van der Waals surface area contributed by atoms with Crippen LogP contribution >= 0.6 is 0 Å². The van der Waals surface area contributed by atoms with Crippen LogP contribution < -0.4 is 0 Å². The average Bonchev–Trinajstić information content (AvgIpc) is 3.20. The number of esters is 1. The SMILES string of the molecule is CCCCCCCC/C=C\CCCCCCCC(=O)OCCCCCCCCCCCCCCCCCCCCCCCCCCCCCCCCCCCO. The van der Waals surface area contributed by atoms with Gasteiger partial charge >= 0.3 is 5.97 Å². The molecule has 0 heterocycles. The molecule has 0 aliphatic carbocycles. The van der Waals surface area contributed by atoms with Crippen LogP contribution in [0.5, 0.6) is 0 Å². The lowest BCUT2D eigenvalue weighted by Crippen LogP contribution is -2.05. The maximum absolute atomic E-state index is 12.0. The molecule has 0 aromatic carbocycles. The van der Waals surface area contributed by atoms with Gasteiger partial charge in [-0.25, -0.2) is 0 Å². The van der Waals surface area contributed by atoms with Crippen molar-refractivity contribution in [2.45, 2.75) is 309 Å².